The Hall–Kier alpha value is -3.45. The summed E-state index contributed by atoms with van der Waals surface area (Å²) in [4.78, 5) is 21.6. The molecule has 0 fully saturated rings. The Kier molecular flexibility index (Phi) is 7.12. The van der Waals surface area contributed by atoms with E-state index in [1.807, 2.05) is 36.5 Å². The highest BCUT2D eigenvalue weighted by Crippen LogP contribution is 2.34. The number of benzene rings is 2. The van der Waals surface area contributed by atoms with Gasteiger partial charge in [-0.15, -0.1) is 11.3 Å². The van der Waals surface area contributed by atoms with Crippen molar-refractivity contribution in [2.75, 3.05) is 18.5 Å². The smallest absolute Gasteiger partial charge is 0.310 e. The number of rotatable bonds is 9. The van der Waals surface area contributed by atoms with Crippen LogP contribution in [0.2, 0.25) is 0 Å². The third kappa shape index (κ3) is 4.89. The third-order valence-electron chi connectivity index (χ3n) is 6.01. The largest absolute Gasteiger partial charge is 0.494 e. The minimum atomic E-state index is -0.883. The molecule has 176 valence electrons. The molecule has 0 aliphatic heterocycles. The standard InChI is InChI=1S/C27H29N3O3S/c1-5-33-24-13-19(9-10-20(24)17(3)27(31)32)23-14-25(30-15-29-23)28-12-11-21-18(4)34-26-16(2)7-6-8-22(21)26/h6-10,13-15,17H,5,11-12H2,1-4H3,(H,31,32)(H,28,29,30). The van der Waals surface area contributed by atoms with Gasteiger partial charge in [0.25, 0.3) is 0 Å². The Morgan fingerprint density at radius 2 is 2.00 bits per heavy atom. The van der Waals surface area contributed by atoms with Gasteiger partial charge in [0.05, 0.1) is 18.2 Å². The van der Waals surface area contributed by atoms with Crippen molar-refractivity contribution in [1.29, 1.82) is 0 Å². The summed E-state index contributed by atoms with van der Waals surface area (Å²) < 4.78 is 7.11. The maximum atomic E-state index is 11.5. The fraction of sp³-hybridized carbons (Fsp3) is 0.296. The van der Waals surface area contributed by atoms with Crippen LogP contribution >= 0.6 is 11.3 Å². The van der Waals surface area contributed by atoms with Gasteiger partial charge in [-0.3, -0.25) is 4.79 Å². The molecule has 6 nitrogen and oxygen atoms in total. The van der Waals surface area contributed by atoms with Crippen LogP contribution in [0, 0.1) is 13.8 Å². The van der Waals surface area contributed by atoms with E-state index in [0.717, 1.165) is 30.0 Å². The van der Waals surface area contributed by atoms with Gasteiger partial charge in [-0.25, -0.2) is 9.97 Å². The number of ether oxygens (including phenoxy) is 1. The molecule has 0 aliphatic rings. The topological polar surface area (TPSA) is 84.3 Å². The number of aromatic nitrogens is 2. The van der Waals surface area contributed by atoms with E-state index in [1.165, 1.54) is 26.1 Å². The maximum absolute atomic E-state index is 11.5. The van der Waals surface area contributed by atoms with Crippen LogP contribution in [-0.4, -0.2) is 34.2 Å². The zero-order valence-corrected chi connectivity index (χ0v) is 20.7. The van der Waals surface area contributed by atoms with Gasteiger partial charge < -0.3 is 15.2 Å². The lowest BCUT2D eigenvalue weighted by atomic mass is 9.97. The van der Waals surface area contributed by atoms with E-state index < -0.39 is 11.9 Å². The molecule has 0 radical (unpaired) electrons. The van der Waals surface area contributed by atoms with Crippen LogP contribution in [0.15, 0.2) is 48.8 Å². The van der Waals surface area contributed by atoms with Crippen molar-refractivity contribution in [2.24, 2.45) is 0 Å². The second-order valence-corrected chi connectivity index (χ2v) is 9.52. The number of carboxylic acids is 1. The van der Waals surface area contributed by atoms with Crippen molar-refractivity contribution in [3.05, 3.63) is 70.4 Å². The number of nitrogens with zero attached hydrogens (tertiary/aromatic N) is 2. The van der Waals surface area contributed by atoms with Crippen LogP contribution in [0.5, 0.6) is 5.75 Å². The van der Waals surface area contributed by atoms with Gasteiger partial charge in [0, 0.05) is 33.3 Å². The van der Waals surface area contributed by atoms with E-state index in [-0.39, 0.29) is 0 Å². The molecule has 2 aromatic heterocycles. The molecule has 0 bridgehead atoms. The van der Waals surface area contributed by atoms with Crippen molar-refractivity contribution in [3.63, 3.8) is 0 Å². The Morgan fingerprint density at radius 3 is 2.76 bits per heavy atom. The number of hydrogen-bond donors (Lipinski definition) is 2. The van der Waals surface area contributed by atoms with E-state index in [9.17, 15) is 9.90 Å². The molecule has 0 saturated heterocycles. The summed E-state index contributed by atoms with van der Waals surface area (Å²) in [6, 6.07) is 13.9. The van der Waals surface area contributed by atoms with Gasteiger partial charge in [-0.1, -0.05) is 30.3 Å². The average molecular weight is 476 g/mol. The summed E-state index contributed by atoms with van der Waals surface area (Å²) in [5, 5.41) is 14.2. The minimum absolute atomic E-state index is 0.454. The third-order valence-corrected chi connectivity index (χ3v) is 7.31. The molecule has 1 unspecified atom stereocenters. The minimum Gasteiger partial charge on any atom is -0.494 e. The fourth-order valence-electron chi connectivity index (χ4n) is 4.13. The first-order chi connectivity index (χ1) is 16.4. The Morgan fingerprint density at radius 1 is 1.18 bits per heavy atom. The van der Waals surface area contributed by atoms with Crippen molar-refractivity contribution in [1.82, 2.24) is 9.97 Å². The number of anilines is 1. The first-order valence-corrected chi connectivity index (χ1v) is 12.2. The zero-order valence-electron chi connectivity index (χ0n) is 19.9. The molecule has 2 N–H and O–H groups in total. The summed E-state index contributed by atoms with van der Waals surface area (Å²) in [6.45, 7) is 9.11. The number of thiophene rings is 1. The van der Waals surface area contributed by atoms with Crippen molar-refractivity contribution >= 4 is 33.2 Å². The molecular weight excluding hydrogens is 446 g/mol. The number of aliphatic carboxylic acids is 1. The fourth-order valence-corrected chi connectivity index (χ4v) is 5.30. The summed E-state index contributed by atoms with van der Waals surface area (Å²) >= 11 is 1.86. The van der Waals surface area contributed by atoms with Gasteiger partial charge in [-0.05, 0) is 56.7 Å². The van der Waals surface area contributed by atoms with Crippen LogP contribution in [0.4, 0.5) is 5.82 Å². The molecule has 4 aromatic rings. The molecule has 1 atom stereocenters. The Bertz CT molecular complexity index is 1330. The second-order valence-electron chi connectivity index (χ2n) is 8.30. The van der Waals surface area contributed by atoms with E-state index in [4.69, 9.17) is 4.74 Å². The predicted molar refractivity (Wildman–Crippen MR) is 138 cm³/mol. The number of carboxylic acid groups (broad SMARTS) is 1. The molecule has 34 heavy (non-hydrogen) atoms. The molecule has 2 heterocycles. The van der Waals surface area contributed by atoms with Crippen molar-refractivity contribution in [3.8, 4) is 17.0 Å². The maximum Gasteiger partial charge on any atom is 0.310 e. The Balaban J connectivity index is 1.51. The highest BCUT2D eigenvalue weighted by Gasteiger charge is 2.19. The number of hydrogen-bond acceptors (Lipinski definition) is 6. The summed E-state index contributed by atoms with van der Waals surface area (Å²) in [5.41, 5.74) is 4.96. The molecule has 4 rings (SSSR count). The molecule has 0 aliphatic carbocycles. The molecule has 0 amide bonds. The predicted octanol–water partition coefficient (Wildman–Crippen LogP) is 6.22. The summed E-state index contributed by atoms with van der Waals surface area (Å²) in [7, 11) is 0. The van der Waals surface area contributed by atoms with Gasteiger partial charge in [-0.2, -0.15) is 0 Å². The van der Waals surface area contributed by atoms with Crippen LogP contribution in [-0.2, 0) is 11.2 Å². The second kappa shape index (κ2) is 10.2. The summed E-state index contributed by atoms with van der Waals surface area (Å²) in [6.07, 6.45) is 2.45. The van der Waals surface area contributed by atoms with Crippen LogP contribution in [0.25, 0.3) is 21.3 Å². The van der Waals surface area contributed by atoms with Gasteiger partial charge in [0.15, 0.2) is 0 Å². The first kappa shape index (κ1) is 23.7. The number of carbonyl (C=O) groups is 1. The lowest BCUT2D eigenvalue weighted by Gasteiger charge is -2.15. The molecule has 7 heteroatoms. The Labute approximate surface area is 203 Å². The number of aryl methyl sites for hydroxylation is 2. The van der Waals surface area contributed by atoms with Gasteiger partial charge >= 0.3 is 5.97 Å². The molecular formula is C27H29N3O3S. The lowest BCUT2D eigenvalue weighted by molar-refractivity contribution is -0.138. The highest BCUT2D eigenvalue weighted by atomic mass is 32.1. The zero-order chi connectivity index (χ0) is 24.2. The quantitative estimate of drug-likeness (QED) is 0.299. The van der Waals surface area contributed by atoms with E-state index >= 15 is 0 Å². The molecule has 2 aromatic carbocycles. The number of nitrogens with one attached hydrogen (secondary N) is 1. The van der Waals surface area contributed by atoms with Crippen LogP contribution < -0.4 is 10.1 Å². The van der Waals surface area contributed by atoms with E-state index in [2.05, 4.69) is 47.3 Å². The monoisotopic (exact) mass is 475 g/mol. The molecule has 0 saturated carbocycles. The van der Waals surface area contributed by atoms with Crippen LogP contribution in [0.3, 0.4) is 0 Å². The van der Waals surface area contributed by atoms with Crippen molar-refractivity contribution < 1.29 is 14.6 Å². The first-order valence-electron chi connectivity index (χ1n) is 11.4. The normalized spacial score (nSPS) is 12.0. The van der Waals surface area contributed by atoms with Crippen molar-refractivity contribution in [2.45, 2.75) is 40.0 Å². The average Bonchev–Trinajstić information content (AvgIpc) is 3.15. The van der Waals surface area contributed by atoms with E-state index in [0.29, 0.717) is 17.9 Å². The number of fused-ring (bicyclic) bond motifs is 1. The van der Waals surface area contributed by atoms with Crippen LogP contribution in [0.1, 0.15) is 41.3 Å². The molecule has 0 spiro atoms. The highest BCUT2D eigenvalue weighted by molar-refractivity contribution is 7.19. The summed E-state index contributed by atoms with van der Waals surface area (Å²) in [5.74, 6) is -0.220. The van der Waals surface area contributed by atoms with Gasteiger partial charge in [0.2, 0.25) is 0 Å². The SMILES string of the molecule is CCOc1cc(-c2cc(NCCc3c(C)sc4c(C)cccc34)ncn2)ccc1C(C)C(=O)O. The van der Waals surface area contributed by atoms with Gasteiger partial charge in [0.1, 0.15) is 17.9 Å². The lowest BCUT2D eigenvalue weighted by Crippen LogP contribution is -2.10. The van der Waals surface area contributed by atoms with E-state index in [1.54, 1.807) is 19.3 Å².